The molecular formula is C20H16BrN3O3S2. The fourth-order valence-electron chi connectivity index (χ4n) is 2.69. The van der Waals surface area contributed by atoms with Crippen LogP contribution in [0.15, 0.2) is 62.0 Å². The van der Waals surface area contributed by atoms with Crippen molar-refractivity contribution in [2.45, 2.75) is 11.0 Å². The molecule has 0 atom stereocenters. The van der Waals surface area contributed by atoms with E-state index < -0.39 is 0 Å². The Bertz CT molecular complexity index is 1130. The van der Waals surface area contributed by atoms with Gasteiger partial charge in [-0.05, 0) is 30.3 Å². The Morgan fingerprint density at radius 3 is 2.76 bits per heavy atom. The van der Waals surface area contributed by atoms with Crippen LogP contribution < -0.4 is 9.47 Å². The molecule has 0 unspecified atom stereocenters. The van der Waals surface area contributed by atoms with E-state index in [0.29, 0.717) is 28.4 Å². The molecule has 0 bridgehead atoms. The maximum Gasteiger partial charge on any atom is 0.277 e. The molecule has 0 amide bonds. The number of thioether (sulfide) groups is 1. The van der Waals surface area contributed by atoms with Crippen LogP contribution in [0, 0.1) is 0 Å². The van der Waals surface area contributed by atoms with Crippen LogP contribution >= 0.6 is 39.0 Å². The summed E-state index contributed by atoms with van der Waals surface area (Å²) in [6.45, 7) is 0. The highest BCUT2D eigenvalue weighted by Gasteiger charge is 2.15. The van der Waals surface area contributed by atoms with Crippen LogP contribution in [0.1, 0.15) is 5.69 Å². The van der Waals surface area contributed by atoms with Crippen molar-refractivity contribution < 1.29 is 13.9 Å². The van der Waals surface area contributed by atoms with E-state index >= 15 is 0 Å². The second kappa shape index (κ2) is 8.98. The Balaban J connectivity index is 1.47. The lowest BCUT2D eigenvalue weighted by Crippen LogP contribution is -1.93. The van der Waals surface area contributed by atoms with Gasteiger partial charge in [-0.1, -0.05) is 39.8 Å². The number of para-hydroxylation sites is 1. The fourth-order valence-corrected chi connectivity index (χ4v) is 4.70. The van der Waals surface area contributed by atoms with Crippen molar-refractivity contribution in [3.8, 4) is 33.5 Å². The molecule has 6 nitrogen and oxygen atoms in total. The van der Waals surface area contributed by atoms with Crippen LogP contribution in [0.3, 0.4) is 0 Å². The average molecular weight is 490 g/mol. The topological polar surface area (TPSA) is 70.3 Å². The van der Waals surface area contributed by atoms with Gasteiger partial charge in [0.1, 0.15) is 5.01 Å². The summed E-state index contributed by atoms with van der Waals surface area (Å²) in [7, 11) is 3.25. The highest BCUT2D eigenvalue weighted by Crippen LogP contribution is 2.39. The van der Waals surface area contributed by atoms with Gasteiger partial charge in [-0.3, -0.25) is 0 Å². The minimum Gasteiger partial charge on any atom is -0.493 e. The first-order valence-corrected chi connectivity index (χ1v) is 11.2. The second-order valence-corrected chi connectivity index (χ2v) is 8.56. The summed E-state index contributed by atoms with van der Waals surface area (Å²) in [6.07, 6.45) is 0. The molecule has 0 saturated heterocycles. The molecular weight excluding hydrogens is 474 g/mol. The smallest absolute Gasteiger partial charge is 0.277 e. The average Bonchev–Trinajstić information content (AvgIpc) is 3.41. The van der Waals surface area contributed by atoms with Gasteiger partial charge in [0.05, 0.1) is 25.5 Å². The van der Waals surface area contributed by atoms with Gasteiger partial charge in [0.15, 0.2) is 11.5 Å². The summed E-state index contributed by atoms with van der Waals surface area (Å²) in [5.41, 5.74) is 2.71. The van der Waals surface area contributed by atoms with E-state index in [1.54, 1.807) is 25.6 Å². The number of thiazole rings is 1. The molecule has 0 saturated carbocycles. The van der Waals surface area contributed by atoms with Crippen LogP contribution in [0.2, 0.25) is 0 Å². The number of benzene rings is 2. The first kappa shape index (κ1) is 19.9. The van der Waals surface area contributed by atoms with Gasteiger partial charge in [0, 0.05) is 21.2 Å². The molecule has 0 spiro atoms. The summed E-state index contributed by atoms with van der Waals surface area (Å²) in [4.78, 5) is 4.72. The lowest BCUT2D eigenvalue weighted by atomic mass is 10.2. The van der Waals surface area contributed by atoms with E-state index in [-0.39, 0.29) is 0 Å². The van der Waals surface area contributed by atoms with Crippen LogP contribution in [-0.2, 0) is 5.75 Å². The Morgan fingerprint density at radius 1 is 1.10 bits per heavy atom. The highest BCUT2D eigenvalue weighted by molar-refractivity contribution is 9.10. The second-order valence-electron chi connectivity index (χ2n) is 5.86. The maximum absolute atomic E-state index is 5.76. The molecule has 0 aliphatic heterocycles. The normalized spacial score (nSPS) is 10.9. The first-order chi connectivity index (χ1) is 14.2. The van der Waals surface area contributed by atoms with E-state index in [4.69, 9.17) is 18.9 Å². The Hall–Kier alpha value is -2.36. The number of ether oxygens (including phenoxy) is 2. The summed E-state index contributed by atoms with van der Waals surface area (Å²) in [5.74, 6) is 2.48. The SMILES string of the molecule is COc1cccc(-c2nc(CSc3nnc(-c4cccc(Br)c4)o3)cs2)c1OC. The largest absolute Gasteiger partial charge is 0.493 e. The molecule has 2 aromatic heterocycles. The molecule has 0 aliphatic rings. The van der Waals surface area contributed by atoms with Gasteiger partial charge in [-0.25, -0.2) is 4.98 Å². The fraction of sp³-hybridized carbons (Fsp3) is 0.150. The third-order valence-electron chi connectivity index (χ3n) is 4.01. The number of methoxy groups -OCH3 is 2. The van der Waals surface area contributed by atoms with Crippen LogP contribution in [0.4, 0.5) is 0 Å². The number of hydrogen-bond acceptors (Lipinski definition) is 8. The van der Waals surface area contributed by atoms with Gasteiger partial charge in [-0.2, -0.15) is 0 Å². The quantitative estimate of drug-likeness (QED) is 0.297. The van der Waals surface area contributed by atoms with Crippen molar-refractivity contribution in [3.63, 3.8) is 0 Å². The monoisotopic (exact) mass is 489 g/mol. The number of hydrogen-bond donors (Lipinski definition) is 0. The third kappa shape index (κ3) is 4.47. The predicted octanol–water partition coefficient (Wildman–Crippen LogP) is 5.93. The van der Waals surface area contributed by atoms with Gasteiger partial charge in [-0.15, -0.1) is 21.5 Å². The zero-order chi connectivity index (χ0) is 20.2. The predicted molar refractivity (Wildman–Crippen MR) is 118 cm³/mol. The third-order valence-corrected chi connectivity index (χ3v) is 6.28. The summed E-state index contributed by atoms with van der Waals surface area (Å²) >= 11 is 6.46. The summed E-state index contributed by atoms with van der Waals surface area (Å²) in [5, 5.41) is 11.7. The summed E-state index contributed by atoms with van der Waals surface area (Å²) < 4.78 is 17.6. The van der Waals surface area contributed by atoms with Crippen LogP contribution in [0.25, 0.3) is 22.0 Å². The molecule has 0 radical (unpaired) electrons. The van der Waals surface area contributed by atoms with E-state index in [1.165, 1.54) is 11.8 Å². The maximum atomic E-state index is 5.76. The van der Waals surface area contributed by atoms with Gasteiger partial charge < -0.3 is 13.9 Å². The van der Waals surface area contributed by atoms with Gasteiger partial charge >= 0.3 is 0 Å². The Morgan fingerprint density at radius 2 is 1.97 bits per heavy atom. The van der Waals surface area contributed by atoms with Crippen molar-refractivity contribution in [1.29, 1.82) is 0 Å². The Kier molecular flexibility index (Phi) is 6.17. The number of halogens is 1. The molecule has 2 heterocycles. The minimum absolute atomic E-state index is 0.494. The lowest BCUT2D eigenvalue weighted by Gasteiger charge is -2.10. The van der Waals surface area contributed by atoms with E-state index in [1.807, 2.05) is 47.8 Å². The van der Waals surface area contributed by atoms with Crippen molar-refractivity contribution in [1.82, 2.24) is 15.2 Å². The van der Waals surface area contributed by atoms with Gasteiger partial charge in [0.25, 0.3) is 5.22 Å². The van der Waals surface area contributed by atoms with Crippen molar-refractivity contribution in [3.05, 3.63) is 58.0 Å². The lowest BCUT2D eigenvalue weighted by molar-refractivity contribution is 0.356. The molecule has 29 heavy (non-hydrogen) atoms. The van der Waals surface area contributed by atoms with Crippen molar-refractivity contribution in [2.75, 3.05) is 14.2 Å². The van der Waals surface area contributed by atoms with E-state index in [2.05, 4.69) is 26.1 Å². The zero-order valence-corrected chi connectivity index (χ0v) is 18.8. The molecule has 4 aromatic rings. The van der Waals surface area contributed by atoms with Crippen molar-refractivity contribution >= 4 is 39.0 Å². The Labute approximate surface area is 184 Å². The van der Waals surface area contributed by atoms with Crippen LogP contribution in [0.5, 0.6) is 11.5 Å². The highest BCUT2D eigenvalue weighted by atomic mass is 79.9. The number of rotatable bonds is 7. The molecule has 0 aliphatic carbocycles. The molecule has 9 heteroatoms. The molecule has 0 N–H and O–H groups in total. The van der Waals surface area contributed by atoms with Crippen molar-refractivity contribution in [2.24, 2.45) is 0 Å². The molecule has 2 aromatic carbocycles. The first-order valence-electron chi connectivity index (χ1n) is 8.56. The molecule has 0 fully saturated rings. The standard InChI is InChI=1S/C20H16BrN3O3S2/c1-25-16-8-4-7-15(17(16)26-2)19-22-14(10-28-19)11-29-20-24-23-18(27-20)12-5-3-6-13(21)9-12/h3-10H,11H2,1-2H3. The van der Waals surface area contributed by atoms with Gasteiger partial charge in [0.2, 0.25) is 5.89 Å². The number of nitrogens with zero attached hydrogens (tertiary/aromatic N) is 3. The number of aromatic nitrogens is 3. The minimum atomic E-state index is 0.494. The zero-order valence-electron chi connectivity index (χ0n) is 15.6. The molecule has 4 rings (SSSR count). The summed E-state index contributed by atoms with van der Waals surface area (Å²) in [6, 6.07) is 13.5. The van der Waals surface area contributed by atoms with Crippen LogP contribution in [-0.4, -0.2) is 29.4 Å². The van der Waals surface area contributed by atoms with E-state index in [0.717, 1.165) is 26.3 Å². The van der Waals surface area contributed by atoms with E-state index in [9.17, 15) is 0 Å². The molecule has 148 valence electrons.